The van der Waals surface area contributed by atoms with Gasteiger partial charge in [0.1, 0.15) is 5.75 Å². The van der Waals surface area contributed by atoms with Crippen LogP contribution in [0.3, 0.4) is 0 Å². The van der Waals surface area contributed by atoms with Crippen molar-refractivity contribution in [2.24, 2.45) is 0 Å². The Hall–Kier alpha value is 0.420. The lowest BCUT2D eigenvalue weighted by Crippen LogP contribution is -1.94. The molecule has 1 aromatic rings. The number of aliphatic hydroxyl groups excluding tert-OH is 1. The molecule has 2 nitrogen and oxygen atoms in total. The second-order valence-corrected chi connectivity index (χ2v) is 5.04. The van der Waals surface area contributed by atoms with Crippen LogP contribution in [0.1, 0.15) is 18.6 Å². The highest BCUT2D eigenvalue weighted by atomic mass is 79.9. The minimum absolute atomic E-state index is 0.0666. The summed E-state index contributed by atoms with van der Waals surface area (Å²) in [7, 11) is 0. The average Bonchev–Trinajstić information content (AvgIpc) is 1.99. The summed E-state index contributed by atoms with van der Waals surface area (Å²) >= 11 is 9.86. The smallest absolute Gasteiger partial charge is 0.123 e. The normalized spacial score (nSPS) is 13.0. The first-order chi connectivity index (χ1) is 5.95. The minimum Gasteiger partial charge on any atom is -0.507 e. The summed E-state index contributed by atoms with van der Waals surface area (Å²) in [4.78, 5) is 0. The van der Waals surface area contributed by atoms with Crippen LogP contribution in [-0.4, -0.2) is 10.2 Å². The van der Waals surface area contributed by atoms with Crippen molar-refractivity contribution < 1.29 is 10.2 Å². The monoisotopic (exact) mass is 372 g/mol. The zero-order valence-corrected chi connectivity index (χ0v) is 11.4. The van der Waals surface area contributed by atoms with Crippen molar-refractivity contribution in [1.29, 1.82) is 0 Å². The quantitative estimate of drug-likeness (QED) is 0.735. The Morgan fingerprint density at radius 2 is 1.77 bits per heavy atom. The first kappa shape index (κ1) is 11.5. The summed E-state index contributed by atoms with van der Waals surface area (Å²) in [5, 5.41) is 18.9. The van der Waals surface area contributed by atoms with E-state index < -0.39 is 6.10 Å². The van der Waals surface area contributed by atoms with Gasteiger partial charge in [-0.25, -0.2) is 0 Å². The summed E-state index contributed by atoms with van der Waals surface area (Å²) in [6.45, 7) is 1.60. The van der Waals surface area contributed by atoms with Gasteiger partial charge in [-0.1, -0.05) is 0 Å². The van der Waals surface area contributed by atoms with Crippen molar-refractivity contribution in [2.45, 2.75) is 13.0 Å². The molecule has 1 atom stereocenters. The summed E-state index contributed by atoms with van der Waals surface area (Å²) in [5.41, 5.74) is 0.482. The number of phenolic OH excluding ortho intramolecular Hbond substituents is 1. The molecule has 5 heteroatoms. The lowest BCUT2D eigenvalue weighted by Gasteiger charge is -2.12. The molecule has 0 aliphatic carbocycles. The molecule has 13 heavy (non-hydrogen) atoms. The molecule has 0 radical (unpaired) electrons. The molecule has 1 rings (SSSR count). The Bertz CT molecular complexity index is 337. The topological polar surface area (TPSA) is 40.5 Å². The van der Waals surface area contributed by atoms with E-state index in [1.165, 1.54) is 6.07 Å². The number of phenols is 1. The van der Waals surface area contributed by atoms with Crippen LogP contribution < -0.4 is 0 Å². The van der Waals surface area contributed by atoms with E-state index in [4.69, 9.17) is 0 Å². The molecule has 0 heterocycles. The van der Waals surface area contributed by atoms with Gasteiger partial charge in [-0.2, -0.15) is 0 Å². The fourth-order valence-electron chi connectivity index (χ4n) is 0.994. The molecule has 0 amide bonds. The minimum atomic E-state index is -0.709. The maximum atomic E-state index is 9.53. The Kier molecular flexibility index (Phi) is 3.80. The molecule has 0 aliphatic rings. The average molecular weight is 375 g/mol. The largest absolute Gasteiger partial charge is 0.507 e. The molecule has 0 fully saturated rings. The van der Waals surface area contributed by atoms with E-state index in [1.54, 1.807) is 6.92 Å². The van der Waals surface area contributed by atoms with Crippen molar-refractivity contribution in [3.63, 3.8) is 0 Å². The highest BCUT2D eigenvalue weighted by Crippen LogP contribution is 2.41. The number of halogens is 3. The first-order valence-corrected chi connectivity index (χ1v) is 5.87. The first-order valence-electron chi connectivity index (χ1n) is 3.49. The Morgan fingerprint density at radius 1 is 1.23 bits per heavy atom. The number of rotatable bonds is 1. The zero-order valence-electron chi connectivity index (χ0n) is 6.68. The van der Waals surface area contributed by atoms with Gasteiger partial charge < -0.3 is 10.2 Å². The molecule has 0 spiro atoms. The van der Waals surface area contributed by atoms with E-state index in [-0.39, 0.29) is 5.75 Å². The number of aliphatic hydroxyl groups is 1. The highest BCUT2D eigenvalue weighted by molar-refractivity contribution is 9.14. The Morgan fingerprint density at radius 3 is 2.23 bits per heavy atom. The van der Waals surface area contributed by atoms with Crippen LogP contribution >= 0.6 is 47.8 Å². The summed E-state index contributed by atoms with van der Waals surface area (Å²) in [6, 6.07) is 1.54. The van der Waals surface area contributed by atoms with Gasteiger partial charge in [0, 0.05) is 19.0 Å². The molecule has 0 saturated carbocycles. The van der Waals surface area contributed by atoms with Crippen LogP contribution in [0, 0.1) is 0 Å². The van der Waals surface area contributed by atoms with Crippen LogP contribution in [0.5, 0.6) is 5.75 Å². The van der Waals surface area contributed by atoms with E-state index in [9.17, 15) is 10.2 Å². The summed E-state index contributed by atoms with van der Waals surface area (Å²) in [5.74, 6) is 0.0666. The molecular weight excluding hydrogens is 368 g/mol. The molecule has 1 unspecified atom stereocenters. The lowest BCUT2D eigenvalue weighted by atomic mass is 10.1. The van der Waals surface area contributed by atoms with Gasteiger partial charge >= 0.3 is 0 Å². The Labute approximate surface area is 101 Å². The molecule has 0 aromatic heterocycles. The number of benzene rings is 1. The van der Waals surface area contributed by atoms with Crippen molar-refractivity contribution in [3.05, 3.63) is 25.0 Å². The fraction of sp³-hybridized carbons (Fsp3) is 0.250. The molecule has 0 bridgehead atoms. The third-order valence-corrected chi connectivity index (χ3v) is 4.93. The Balaban J connectivity index is 3.44. The van der Waals surface area contributed by atoms with Crippen molar-refractivity contribution in [2.75, 3.05) is 0 Å². The molecule has 2 N–H and O–H groups in total. The summed E-state index contributed by atoms with van der Waals surface area (Å²) in [6.07, 6.45) is -0.709. The molecular formula is C8H7Br3O2. The number of hydrogen-bond acceptors (Lipinski definition) is 2. The molecule has 0 aliphatic heterocycles. The second-order valence-electron chi connectivity index (χ2n) is 2.60. The number of aromatic hydroxyl groups is 1. The van der Waals surface area contributed by atoms with Gasteiger partial charge in [-0.3, -0.25) is 0 Å². The third kappa shape index (κ3) is 2.26. The van der Waals surface area contributed by atoms with Gasteiger partial charge in [0.05, 0.1) is 6.10 Å². The van der Waals surface area contributed by atoms with Crippen LogP contribution in [0.15, 0.2) is 19.5 Å². The maximum absolute atomic E-state index is 9.53. The molecule has 72 valence electrons. The van der Waals surface area contributed by atoms with Gasteiger partial charge in [0.25, 0.3) is 0 Å². The van der Waals surface area contributed by atoms with Crippen LogP contribution in [0.2, 0.25) is 0 Å². The maximum Gasteiger partial charge on any atom is 0.123 e. The second kappa shape index (κ2) is 4.29. The van der Waals surface area contributed by atoms with E-state index in [0.29, 0.717) is 10.0 Å². The van der Waals surface area contributed by atoms with Gasteiger partial charge in [0.15, 0.2) is 0 Å². The van der Waals surface area contributed by atoms with Crippen molar-refractivity contribution >= 4 is 47.8 Å². The van der Waals surface area contributed by atoms with Crippen LogP contribution in [0.25, 0.3) is 0 Å². The SMILES string of the molecule is CC(O)c1c(O)cc(Br)c(Br)c1Br. The number of hydrogen-bond donors (Lipinski definition) is 2. The third-order valence-electron chi connectivity index (χ3n) is 1.60. The van der Waals surface area contributed by atoms with Crippen molar-refractivity contribution in [1.82, 2.24) is 0 Å². The molecule has 1 aromatic carbocycles. The standard InChI is InChI=1S/C8H7Br3O2/c1-3(12)6-5(13)2-4(9)7(10)8(6)11/h2-3,12-13H,1H3. The van der Waals surface area contributed by atoms with E-state index in [0.717, 1.165) is 8.95 Å². The van der Waals surface area contributed by atoms with E-state index in [1.807, 2.05) is 0 Å². The van der Waals surface area contributed by atoms with E-state index >= 15 is 0 Å². The fourth-order valence-corrected chi connectivity index (χ4v) is 2.75. The van der Waals surface area contributed by atoms with Gasteiger partial charge in [0.2, 0.25) is 0 Å². The highest BCUT2D eigenvalue weighted by Gasteiger charge is 2.16. The van der Waals surface area contributed by atoms with Crippen molar-refractivity contribution in [3.8, 4) is 5.75 Å². The lowest BCUT2D eigenvalue weighted by molar-refractivity contribution is 0.194. The summed E-state index contributed by atoms with van der Waals surface area (Å²) < 4.78 is 2.18. The van der Waals surface area contributed by atoms with Crippen LogP contribution in [-0.2, 0) is 0 Å². The van der Waals surface area contributed by atoms with Gasteiger partial charge in [-0.05, 0) is 60.8 Å². The van der Waals surface area contributed by atoms with Crippen LogP contribution in [0.4, 0.5) is 0 Å². The predicted octanol–water partition coefficient (Wildman–Crippen LogP) is 3.73. The molecule has 0 saturated heterocycles. The van der Waals surface area contributed by atoms with Gasteiger partial charge in [-0.15, -0.1) is 0 Å². The zero-order chi connectivity index (χ0) is 10.2. The predicted molar refractivity (Wildman–Crippen MR) is 61.8 cm³/mol. The van der Waals surface area contributed by atoms with E-state index in [2.05, 4.69) is 47.8 Å².